The molecular formula is C21H24N6O2. The highest BCUT2D eigenvalue weighted by Gasteiger charge is 2.21. The maximum absolute atomic E-state index is 12.3. The number of hydrogen-bond donors (Lipinski definition) is 1. The van der Waals surface area contributed by atoms with Crippen molar-refractivity contribution in [3.63, 3.8) is 0 Å². The van der Waals surface area contributed by atoms with E-state index in [0.29, 0.717) is 24.7 Å². The standard InChI is InChI=1S/C21H24N6O2/c1-16-4-2-5-17(12-16)13-24-20(28)18-15-29-19(25-18)14-26-8-10-27(11-9-26)21-22-6-3-7-23-21/h2-7,12,15H,8-11,13-14H2,1H3,(H,24,28). The lowest BCUT2D eigenvalue weighted by molar-refractivity contribution is 0.0945. The number of carbonyl (C=O) groups excluding carboxylic acids is 1. The first-order valence-corrected chi connectivity index (χ1v) is 9.70. The van der Waals surface area contributed by atoms with Crippen molar-refractivity contribution in [2.24, 2.45) is 0 Å². The van der Waals surface area contributed by atoms with Crippen molar-refractivity contribution < 1.29 is 9.21 Å². The van der Waals surface area contributed by atoms with Crippen LogP contribution in [0.25, 0.3) is 0 Å². The zero-order valence-electron chi connectivity index (χ0n) is 16.4. The first kappa shape index (κ1) is 19.1. The Hall–Kier alpha value is -3.26. The fourth-order valence-electron chi connectivity index (χ4n) is 3.33. The number of nitrogens with zero attached hydrogens (tertiary/aromatic N) is 5. The molecule has 3 aromatic rings. The van der Waals surface area contributed by atoms with E-state index in [2.05, 4.69) is 36.1 Å². The van der Waals surface area contributed by atoms with Crippen LogP contribution in [0.15, 0.2) is 53.4 Å². The van der Waals surface area contributed by atoms with Crippen LogP contribution in [0.2, 0.25) is 0 Å². The van der Waals surface area contributed by atoms with E-state index in [1.54, 1.807) is 12.4 Å². The van der Waals surface area contributed by atoms with Crippen LogP contribution in [0.4, 0.5) is 5.95 Å². The summed E-state index contributed by atoms with van der Waals surface area (Å²) in [6.45, 7) is 6.47. The number of hydrogen-bond acceptors (Lipinski definition) is 7. The Labute approximate surface area is 169 Å². The molecule has 3 heterocycles. The fourth-order valence-corrected chi connectivity index (χ4v) is 3.33. The molecule has 1 amide bonds. The number of carbonyl (C=O) groups is 1. The van der Waals surface area contributed by atoms with Crippen LogP contribution in [0, 0.1) is 6.92 Å². The molecule has 4 rings (SSSR count). The van der Waals surface area contributed by atoms with Crippen LogP contribution in [0.1, 0.15) is 27.5 Å². The predicted octanol–water partition coefficient (Wildman–Crippen LogP) is 2.03. The van der Waals surface area contributed by atoms with Gasteiger partial charge < -0.3 is 14.6 Å². The minimum atomic E-state index is -0.229. The van der Waals surface area contributed by atoms with Gasteiger partial charge in [-0.25, -0.2) is 15.0 Å². The lowest BCUT2D eigenvalue weighted by atomic mass is 10.1. The molecule has 150 valence electrons. The van der Waals surface area contributed by atoms with Gasteiger partial charge in [0.25, 0.3) is 5.91 Å². The Morgan fingerprint density at radius 2 is 1.93 bits per heavy atom. The Balaban J connectivity index is 1.26. The molecule has 0 bridgehead atoms. The number of nitrogens with one attached hydrogen (secondary N) is 1. The Morgan fingerprint density at radius 3 is 2.69 bits per heavy atom. The molecule has 0 radical (unpaired) electrons. The molecule has 1 N–H and O–H groups in total. The average molecular weight is 392 g/mol. The minimum absolute atomic E-state index is 0.229. The van der Waals surface area contributed by atoms with Gasteiger partial charge in [-0.2, -0.15) is 0 Å². The first-order chi connectivity index (χ1) is 14.2. The minimum Gasteiger partial charge on any atom is -0.447 e. The number of aromatic nitrogens is 3. The highest BCUT2D eigenvalue weighted by Crippen LogP contribution is 2.13. The van der Waals surface area contributed by atoms with E-state index in [1.807, 2.05) is 31.2 Å². The second-order valence-electron chi connectivity index (χ2n) is 7.11. The fraction of sp³-hybridized carbons (Fsp3) is 0.333. The Morgan fingerprint density at radius 1 is 1.14 bits per heavy atom. The molecule has 1 aromatic carbocycles. The normalized spacial score (nSPS) is 14.7. The molecule has 29 heavy (non-hydrogen) atoms. The molecule has 8 heteroatoms. The summed E-state index contributed by atoms with van der Waals surface area (Å²) in [5, 5.41) is 2.89. The molecule has 0 saturated carbocycles. The summed E-state index contributed by atoms with van der Waals surface area (Å²) in [5.41, 5.74) is 2.53. The van der Waals surface area contributed by atoms with Gasteiger partial charge in [0.2, 0.25) is 11.8 Å². The molecular weight excluding hydrogens is 368 g/mol. The van der Waals surface area contributed by atoms with Crippen LogP contribution in [-0.2, 0) is 13.1 Å². The van der Waals surface area contributed by atoms with Gasteiger partial charge in [0.1, 0.15) is 6.26 Å². The summed E-state index contributed by atoms with van der Waals surface area (Å²) in [6, 6.07) is 9.86. The molecule has 0 aliphatic carbocycles. The van der Waals surface area contributed by atoms with Crippen LogP contribution in [-0.4, -0.2) is 51.9 Å². The van der Waals surface area contributed by atoms with Crippen molar-refractivity contribution >= 4 is 11.9 Å². The first-order valence-electron chi connectivity index (χ1n) is 9.70. The van der Waals surface area contributed by atoms with E-state index in [0.717, 1.165) is 37.7 Å². The summed E-state index contributed by atoms with van der Waals surface area (Å²) in [5.74, 6) is 1.08. The molecule has 2 aromatic heterocycles. The van der Waals surface area contributed by atoms with E-state index in [4.69, 9.17) is 4.42 Å². The number of oxazole rings is 1. The zero-order valence-corrected chi connectivity index (χ0v) is 16.4. The van der Waals surface area contributed by atoms with Gasteiger partial charge >= 0.3 is 0 Å². The van der Waals surface area contributed by atoms with Crippen LogP contribution in [0.5, 0.6) is 0 Å². The van der Waals surface area contributed by atoms with Crippen molar-refractivity contribution in [3.8, 4) is 0 Å². The maximum Gasteiger partial charge on any atom is 0.273 e. The van der Waals surface area contributed by atoms with E-state index < -0.39 is 0 Å². The topological polar surface area (TPSA) is 87.4 Å². The van der Waals surface area contributed by atoms with E-state index >= 15 is 0 Å². The molecule has 0 atom stereocenters. The Bertz CT molecular complexity index is 951. The quantitative estimate of drug-likeness (QED) is 0.687. The third kappa shape index (κ3) is 4.97. The Kier molecular flexibility index (Phi) is 5.81. The van der Waals surface area contributed by atoms with Gasteiger partial charge in [0, 0.05) is 45.1 Å². The molecule has 8 nitrogen and oxygen atoms in total. The van der Waals surface area contributed by atoms with Crippen LogP contribution in [0.3, 0.4) is 0 Å². The van der Waals surface area contributed by atoms with Gasteiger partial charge in [-0.05, 0) is 18.6 Å². The monoisotopic (exact) mass is 392 g/mol. The molecule has 1 aliphatic rings. The average Bonchev–Trinajstić information content (AvgIpc) is 3.22. The predicted molar refractivity (Wildman–Crippen MR) is 108 cm³/mol. The third-order valence-corrected chi connectivity index (χ3v) is 4.89. The van der Waals surface area contributed by atoms with Gasteiger partial charge in [0.05, 0.1) is 6.54 Å². The number of anilines is 1. The summed E-state index contributed by atoms with van der Waals surface area (Å²) in [6.07, 6.45) is 4.94. The van der Waals surface area contributed by atoms with Crippen molar-refractivity contribution in [2.45, 2.75) is 20.0 Å². The second kappa shape index (κ2) is 8.83. The number of benzene rings is 1. The summed E-state index contributed by atoms with van der Waals surface area (Å²) < 4.78 is 5.52. The molecule has 1 fully saturated rings. The van der Waals surface area contributed by atoms with E-state index in [1.165, 1.54) is 11.8 Å². The summed E-state index contributed by atoms with van der Waals surface area (Å²) >= 11 is 0. The summed E-state index contributed by atoms with van der Waals surface area (Å²) in [7, 11) is 0. The third-order valence-electron chi connectivity index (χ3n) is 4.89. The van der Waals surface area contributed by atoms with Gasteiger partial charge in [-0.1, -0.05) is 29.8 Å². The van der Waals surface area contributed by atoms with Gasteiger partial charge in [-0.15, -0.1) is 0 Å². The van der Waals surface area contributed by atoms with Crippen molar-refractivity contribution in [1.82, 2.24) is 25.2 Å². The highest BCUT2D eigenvalue weighted by atomic mass is 16.3. The molecule has 1 saturated heterocycles. The second-order valence-corrected chi connectivity index (χ2v) is 7.11. The lowest BCUT2D eigenvalue weighted by Gasteiger charge is -2.33. The largest absolute Gasteiger partial charge is 0.447 e. The van der Waals surface area contributed by atoms with Crippen LogP contribution < -0.4 is 10.2 Å². The summed E-state index contributed by atoms with van der Waals surface area (Å²) in [4.78, 5) is 29.7. The van der Waals surface area contributed by atoms with Crippen molar-refractivity contribution in [2.75, 3.05) is 31.1 Å². The lowest BCUT2D eigenvalue weighted by Crippen LogP contribution is -2.46. The number of piperazine rings is 1. The zero-order chi connectivity index (χ0) is 20.1. The van der Waals surface area contributed by atoms with E-state index in [-0.39, 0.29) is 5.91 Å². The number of amides is 1. The van der Waals surface area contributed by atoms with Crippen LogP contribution >= 0.6 is 0 Å². The number of rotatable bonds is 6. The maximum atomic E-state index is 12.3. The molecule has 0 unspecified atom stereocenters. The van der Waals surface area contributed by atoms with Crippen molar-refractivity contribution in [3.05, 3.63) is 71.7 Å². The van der Waals surface area contributed by atoms with Gasteiger partial charge in [-0.3, -0.25) is 9.69 Å². The molecule has 0 spiro atoms. The molecule has 1 aliphatic heterocycles. The SMILES string of the molecule is Cc1cccc(CNC(=O)c2coc(CN3CCN(c4ncccn4)CC3)n2)c1. The highest BCUT2D eigenvalue weighted by molar-refractivity contribution is 5.91. The number of aryl methyl sites for hydroxylation is 1. The van der Waals surface area contributed by atoms with Gasteiger partial charge in [0.15, 0.2) is 5.69 Å². The van der Waals surface area contributed by atoms with Crippen molar-refractivity contribution in [1.29, 1.82) is 0 Å². The smallest absolute Gasteiger partial charge is 0.273 e. The van der Waals surface area contributed by atoms with E-state index in [9.17, 15) is 4.79 Å².